The van der Waals surface area contributed by atoms with E-state index in [4.69, 9.17) is 4.74 Å². The normalized spacial score (nSPS) is 19.9. The Kier molecular flexibility index (Phi) is 3.65. The molecule has 0 bridgehead atoms. The van der Waals surface area contributed by atoms with Gasteiger partial charge in [0, 0.05) is 5.92 Å². The molecule has 2 atom stereocenters. The van der Waals surface area contributed by atoms with Gasteiger partial charge in [-0.25, -0.2) is 0 Å². The van der Waals surface area contributed by atoms with Crippen molar-refractivity contribution in [1.82, 2.24) is 0 Å². The first-order chi connectivity index (χ1) is 10.2. The summed E-state index contributed by atoms with van der Waals surface area (Å²) < 4.78 is 5.30. The van der Waals surface area contributed by atoms with Crippen molar-refractivity contribution in [2.24, 2.45) is 5.92 Å². The summed E-state index contributed by atoms with van der Waals surface area (Å²) in [7, 11) is 1.62. The molecule has 0 heterocycles. The van der Waals surface area contributed by atoms with Gasteiger partial charge in [-0.2, -0.15) is 0 Å². The highest BCUT2D eigenvalue weighted by Gasteiger charge is 2.43. The maximum Gasteiger partial charge on any atom is 0.228 e. The molecular weight excluding hydrogens is 262 g/mol. The van der Waals surface area contributed by atoms with Crippen LogP contribution in [-0.2, 0) is 4.79 Å². The zero-order valence-corrected chi connectivity index (χ0v) is 12.3. The Bertz CT molecular complexity index is 652. The summed E-state index contributed by atoms with van der Waals surface area (Å²) in [5.41, 5.74) is 3.09. The number of benzene rings is 2. The lowest BCUT2D eigenvalue weighted by atomic mass is 10.1. The lowest BCUT2D eigenvalue weighted by molar-refractivity contribution is -0.117. The maximum absolute atomic E-state index is 12.4. The van der Waals surface area contributed by atoms with Gasteiger partial charge < -0.3 is 10.1 Å². The molecule has 1 aliphatic rings. The molecule has 0 saturated heterocycles. The third-order valence-corrected chi connectivity index (χ3v) is 3.97. The van der Waals surface area contributed by atoms with Crippen molar-refractivity contribution < 1.29 is 9.53 Å². The molecule has 1 saturated carbocycles. The first kappa shape index (κ1) is 13.7. The number of carbonyl (C=O) groups is 1. The maximum atomic E-state index is 12.4. The number of aryl methyl sites for hydroxylation is 1. The number of anilines is 1. The summed E-state index contributed by atoms with van der Waals surface area (Å²) in [5.74, 6) is 1.19. The van der Waals surface area contributed by atoms with Gasteiger partial charge in [0.2, 0.25) is 5.91 Å². The second kappa shape index (κ2) is 5.60. The molecule has 0 spiro atoms. The minimum Gasteiger partial charge on any atom is -0.495 e. The molecule has 2 aromatic rings. The monoisotopic (exact) mass is 281 g/mol. The molecule has 1 aliphatic carbocycles. The topological polar surface area (TPSA) is 38.3 Å². The van der Waals surface area contributed by atoms with Crippen molar-refractivity contribution in [1.29, 1.82) is 0 Å². The van der Waals surface area contributed by atoms with Gasteiger partial charge in [-0.3, -0.25) is 4.79 Å². The first-order valence-electron chi connectivity index (χ1n) is 7.19. The third kappa shape index (κ3) is 2.92. The van der Waals surface area contributed by atoms with Gasteiger partial charge in [0.05, 0.1) is 12.8 Å². The lowest BCUT2D eigenvalue weighted by Crippen LogP contribution is -2.15. The zero-order valence-electron chi connectivity index (χ0n) is 12.3. The van der Waals surface area contributed by atoms with Gasteiger partial charge in [-0.05, 0) is 42.5 Å². The van der Waals surface area contributed by atoms with Crippen molar-refractivity contribution in [2.75, 3.05) is 12.4 Å². The summed E-state index contributed by atoms with van der Waals surface area (Å²) >= 11 is 0. The molecule has 1 fully saturated rings. The van der Waals surface area contributed by atoms with Crippen LogP contribution < -0.4 is 10.1 Å². The Labute approximate surface area is 124 Å². The molecule has 3 rings (SSSR count). The highest BCUT2D eigenvalue weighted by Crippen LogP contribution is 2.48. The summed E-state index contributed by atoms with van der Waals surface area (Å²) in [6.07, 6.45) is 0.921. The molecule has 21 heavy (non-hydrogen) atoms. The Balaban J connectivity index is 1.70. The van der Waals surface area contributed by atoms with E-state index in [9.17, 15) is 4.79 Å². The Morgan fingerprint density at radius 3 is 2.67 bits per heavy atom. The van der Waals surface area contributed by atoms with E-state index in [1.807, 2.05) is 43.3 Å². The largest absolute Gasteiger partial charge is 0.495 e. The van der Waals surface area contributed by atoms with Crippen LogP contribution in [0.4, 0.5) is 5.69 Å². The van der Waals surface area contributed by atoms with E-state index in [1.165, 1.54) is 5.56 Å². The minimum atomic E-state index is 0.0672. The molecule has 0 radical (unpaired) electrons. The minimum absolute atomic E-state index is 0.0672. The van der Waals surface area contributed by atoms with E-state index in [0.29, 0.717) is 11.7 Å². The predicted molar refractivity (Wildman–Crippen MR) is 83.7 cm³/mol. The van der Waals surface area contributed by atoms with Crippen LogP contribution in [0.2, 0.25) is 0 Å². The average molecular weight is 281 g/mol. The van der Waals surface area contributed by atoms with Crippen molar-refractivity contribution in [2.45, 2.75) is 19.3 Å². The molecule has 1 amide bonds. The molecule has 1 N–H and O–H groups in total. The van der Waals surface area contributed by atoms with Crippen molar-refractivity contribution in [3.8, 4) is 5.75 Å². The third-order valence-electron chi connectivity index (χ3n) is 3.97. The van der Waals surface area contributed by atoms with Crippen molar-refractivity contribution in [3.63, 3.8) is 0 Å². The number of ether oxygens (including phenoxy) is 1. The van der Waals surface area contributed by atoms with Crippen LogP contribution in [0.3, 0.4) is 0 Å². The fraction of sp³-hybridized carbons (Fsp3) is 0.278. The van der Waals surface area contributed by atoms with E-state index in [-0.39, 0.29) is 11.8 Å². The van der Waals surface area contributed by atoms with Crippen molar-refractivity contribution >= 4 is 11.6 Å². The number of hydrogen-bond donors (Lipinski definition) is 1. The molecule has 0 aromatic heterocycles. The fourth-order valence-corrected chi connectivity index (χ4v) is 2.70. The quantitative estimate of drug-likeness (QED) is 0.927. The van der Waals surface area contributed by atoms with Crippen LogP contribution in [0.25, 0.3) is 0 Å². The highest BCUT2D eigenvalue weighted by atomic mass is 16.5. The van der Waals surface area contributed by atoms with Crippen LogP contribution in [0.5, 0.6) is 5.75 Å². The summed E-state index contributed by atoms with van der Waals surface area (Å²) in [6.45, 7) is 2.00. The van der Waals surface area contributed by atoms with E-state index < -0.39 is 0 Å². The lowest BCUT2D eigenvalue weighted by Gasteiger charge is -2.11. The molecule has 0 aliphatic heterocycles. The van der Waals surface area contributed by atoms with Crippen LogP contribution >= 0.6 is 0 Å². The first-order valence-corrected chi connectivity index (χ1v) is 7.19. The van der Waals surface area contributed by atoms with Gasteiger partial charge in [0.25, 0.3) is 0 Å². The Morgan fingerprint density at radius 1 is 1.19 bits per heavy atom. The SMILES string of the molecule is COc1ccc(C)cc1NC(=O)[C@@H]1C[C@H]1c1ccccc1. The van der Waals surface area contributed by atoms with Gasteiger partial charge in [0.1, 0.15) is 5.75 Å². The average Bonchev–Trinajstić information content (AvgIpc) is 3.29. The van der Waals surface area contributed by atoms with Crippen molar-refractivity contribution in [3.05, 3.63) is 59.7 Å². The molecule has 108 valence electrons. The second-order valence-corrected chi connectivity index (χ2v) is 5.55. The molecule has 0 unspecified atom stereocenters. The number of carbonyl (C=O) groups excluding carboxylic acids is 1. The molecule has 3 heteroatoms. The van der Waals surface area contributed by atoms with Crippen LogP contribution in [-0.4, -0.2) is 13.0 Å². The fourth-order valence-electron chi connectivity index (χ4n) is 2.70. The Hall–Kier alpha value is -2.29. The van der Waals surface area contributed by atoms with Gasteiger partial charge in [0.15, 0.2) is 0 Å². The van der Waals surface area contributed by atoms with E-state index in [1.54, 1.807) is 7.11 Å². The number of hydrogen-bond acceptors (Lipinski definition) is 2. The molecule has 2 aromatic carbocycles. The molecule has 3 nitrogen and oxygen atoms in total. The number of rotatable bonds is 4. The summed E-state index contributed by atoms with van der Waals surface area (Å²) in [5, 5.41) is 3.00. The van der Waals surface area contributed by atoms with Crippen LogP contribution in [0.1, 0.15) is 23.5 Å². The standard InChI is InChI=1S/C18H19NO2/c1-12-8-9-17(21-2)16(10-12)19-18(20)15-11-14(15)13-6-4-3-5-7-13/h3-10,14-15H,11H2,1-2H3,(H,19,20)/t14-,15+/m0/s1. The second-order valence-electron chi connectivity index (χ2n) is 5.55. The highest BCUT2D eigenvalue weighted by molar-refractivity contribution is 5.96. The Morgan fingerprint density at radius 2 is 1.95 bits per heavy atom. The van der Waals surface area contributed by atoms with E-state index >= 15 is 0 Å². The van der Waals surface area contributed by atoms with Gasteiger partial charge in [-0.1, -0.05) is 36.4 Å². The number of nitrogens with one attached hydrogen (secondary N) is 1. The summed E-state index contributed by atoms with van der Waals surface area (Å²) in [4.78, 5) is 12.4. The van der Waals surface area contributed by atoms with Gasteiger partial charge in [-0.15, -0.1) is 0 Å². The van der Waals surface area contributed by atoms with Crippen LogP contribution in [0.15, 0.2) is 48.5 Å². The summed E-state index contributed by atoms with van der Waals surface area (Å²) in [6, 6.07) is 16.0. The number of amides is 1. The number of methoxy groups -OCH3 is 1. The zero-order chi connectivity index (χ0) is 14.8. The molecular formula is C18H19NO2. The van der Waals surface area contributed by atoms with Crippen LogP contribution in [0, 0.1) is 12.8 Å². The van der Waals surface area contributed by atoms with Gasteiger partial charge >= 0.3 is 0 Å². The smallest absolute Gasteiger partial charge is 0.228 e. The van der Waals surface area contributed by atoms with E-state index in [0.717, 1.165) is 17.7 Å². The predicted octanol–water partition coefficient (Wildman–Crippen LogP) is 3.75. The van der Waals surface area contributed by atoms with E-state index in [2.05, 4.69) is 17.4 Å².